The first kappa shape index (κ1) is 12.3. The fourth-order valence-electron chi connectivity index (χ4n) is 1.52. The molecule has 1 aromatic heterocycles. The summed E-state index contributed by atoms with van der Waals surface area (Å²) in [5.74, 6) is -1.18. The van der Waals surface area contributed by atoms with Crippen LogP contribution in [0.2, 0.25) is 0 Å². The predicted molar refractivity (Wildman–Crippen MR) is 61.1 cm³/mol. The third-order valence-electron chi connectivity index (χ3n) is 2.38. The molecule has 0 radical (unpaired) electrons. The van der Waals surface area contributed by atoms with Gasteiger partial charge in [-0.3, -0.25) is 9.78 Å². The van der Waals surface area contributed by atoms with E-state index in [2.05, 4.69) is 10.3 Å². The first-order valence-corrected chi connectivity index (χ1v) is 5.26. The summed E-state index contributed by atoms with van der Waals surface area (Å²) in [6, 6.07) is 4.59. The van der Waals surface area contributed by atoms with E-state index in [0.29, 0.717) is 0 Å². The molecule has 1 heterocycles. The number of aliphatic hydroxyl groups excluding tert-OH is 1. The van der Waals surface area contributed by atoms with Gasteiger partial charge < -0.3 is 14.8 Å². The lowest BCUT2D eigenvalue weighted by Crippen LogP contribution is -2.33. The molecule has 2 aromatic rings. The number of nitrogens with one attached hydrogen (secondary N) is 2. The van der Waals surface area contributed by atoms with Crippen molar-refractivity contribution < 1.29 is 18.7 Å². The van der Waals surface area contributed by atoms with Gasteiger partial charge in [-0.15, -0.1) is 0 Å². The number of hydrogen-bond acceptors (Lipinski definition) is 4. The Labute approximate surface area is 100 Å². The molecule has 18 heavy (non-hydrogen) atoms. The molecule has 1 amide bonds. The van der Waals surface area contributed by atoms with Crippen LogP contribution in [0.15, 0.2) is 27.4 Å². The number of halogens is 1. The number of aromatic amines is 1. The minimum absolute atomic E-state index is 0.199. The fraction of sp³-hybridized carbons (Fsp3) is 0.273. The molecule has 0 saturated heterocycles. The van der Waals surface area contributed by atoms with Crippen molar-refractivity contribution >= 4 is 17.0 Å². The Morgan fingerprint density at radius 2 is 2.33 bits per heavy atom. The molecule has 7 heteroatoms. The number of para-hydroxylation sites is 1. The first-order valence-electron chi connectivity index (χ1n) is 5.26. The number of benzene rings is 1. The predicted octanol–water partition coefficient (Wildman–Crippen LogP) is 0.181. The molecule has 3 N–H and O–H groups in total. The van der Waals surface area contributed by atoms with Crippen molar-refractivity contribution in [2.24, 2.45) is 0 Å². The first-order chi connectivity index (χ1) is 8.61. The second-order valence-electron chi connectivity index (χ2n) is 3.71. The monoisotopic (exact) mass is 254 g/mol. The van der Waals surface area contributed by atoms with Crippen LogP contribution in [0.1, 0.15) is 10.4 Å². The normalized spacial score (nSPS) is 12.6. The van der Waals surface area contributed by atoms with Crippen LogP contribution in [0.3, 0.4) is 0 Å². The molecule has 1 unspecified atom stereocenters. The second-order valence-corrected chi connectivity index (χ2v) is 3.71. The van der Waals surface area contributed by atoms with Crippen LogP contribution in [-0.4, -0.2) is 35.3 Å². The van der Waals surface area contributed by atoms with Crippen molar-refractivity contribution in [3.8, 4) is 0 Å². The maximum absolute atomic E-state index is 12.0. The molecular weight excluding hydrogens is 243 g/mol. The van der Waals surface area contributed by atoms with Crippen LogP contribution in [0.25, 0.3) is 11.1 Å². The van der Waals surface area contributed by atoms with Crippen LogP contribution >= 0.6 is 0 Å². The van der Waals surface area contributed by atoms with Crippen molar-refractivity contribution in [2.75, 3.05) is 13.2 Å². The summed E-state index contributed by atoms with van der Waals surface area (Å²) in [4.78, 5) is 25.2. The number of amides is 1. The lowest BCUT2D eigenvalue weighted by Gasteiger charge is -2.08. The van der Waals surface area contributed by atoms with Gasteiger partial charge in [-0.25, -0.2) is 9.18 Å². The molecule has 0 aliphatic rings. The van der Waals surface area contributed by atoms with Gasteiger partial charge in [0.1, 0.15) is 6.67 Å². The highest BCUT2D eigenvalue weighted by molar-refractivity contribution is 6.04. The van der Waals surface area contributed by atoms with E-state index in [1.165, 1.54) is 6.07 Å². The van der Waals surface area contributed by atoms with E-state index >= 15 is 0 Å². The third-order valence-corrected chi connectivity index (χ3v) is 2.38. The minimum Gasteiger partial charge on any atom is -0.408 e. The summed E-state index contributed by atoms with van der Waals surface area (Å²) in [7, 11) is 0. The molecule has 0 bridgehead atoms. The number of carbonyl (C=O) groups is 1. The van der Waals surface area contributed by atoms with Gasteiger partial charge in [-0.05, 0) is 12.1 Å². The number of rotatable bonds is 4. The number of hydrogen-bond donors (Lipinski definition) is 3. The van der Waals surface area contributed by atoms with E-state index in [0.717, 1.165) is 0 Å². The van der Waals surface area contributed by atoms with Crippen molar-refractivity contribution in [3.63, 3.8) is 0 Å². The SMILES string of the molecule is O=C(NCC(O)CF)c1cccc2oc(=O)[nH]c12. The zero-order valence-electron chi connectivity index (χ0n) is 9.27. The minimum atomic E-state index is -1.24. The van der Waals surface area contributed by atoms with Gasteiger partial charge in [0.15, 0.2) is 5.58 Å². The Hall–Kier alpha value is -2.15. The van der Waals surface area contributed by atoms with E-state index in [9.17, 15) is 14.0 Å². The second kappa shape index (κ2) is 5.01. The van der Waals surface area contributed by atoms with Crippen molar-refractivity contribution in [3.05, 3.63) is 34.3 Å². The number of aromatic nitrogens is 1. The standard InChI is InChI=1S/C11H11FN2O4/c12-4-6(15)5-13-10(16)7-2-1-3-8-9(7)14-11(17)18-8/h1-3,6,15H,4-5H2,(H,13,16)(H,14,17). The van der Waals surface area contributed by atoms with Crippen molar-refractivity contribution in [1.29, 1.82) is 0 Å². The van der Waals surface area contributed by atoms with Gasteiger partial charge in [-0.1, -0.05) is 6.07 Å². The Morgan fingerprint density at radius 3 is 3.06 bits per heavy atom. The largest absolute Gasteiger partial charge is 0.417 e. The van der Waals surface area contributed by atoms with Gasteiger partial charge >= 0.3 is 5.76 Å². The highest BCUT2D eigenvalue weighted by Crippen LogP contribution is 2.14. The van der Waals surface area contributed by atoms with E-state index in [-0.39, 0.29) is 23.2 Å². The summed E-state index contributed by atoms with van der Waals surface area (Å²) in [5, 5.41) is 11.4. The van der Waals surface area contributed by atoms with Crippen LogP contribution in [-0.2, 0) is 0 Å². The lowest BCUT2D eigenvalue weighted by molar-refractivity contribution is 0.0896. The molecular formula is C11H11FN2O4. The van der Waals surface area contributed by atoms with E-state index in [4.69, 9.17) is 9.52 Å². The van der Waals surface area contributed by atoms with Crippen molar-refractivity contribution in [1.82, 2.24) is 10.3 Å². The molecule has 1 atom stereocenters. The number of carbonyl (C=O) groups excluding carboxylic acids is 1. The Kier molecular flexibility index (Phi) is 3.42. The Bertz CT molecular complexity index is 619. The number of alkyl halides is 1. The van der Waals surface area contributed by atoms with E-state index < -0.39 is 24.4 Å². The van der Waals surface area contributed by atoms with Gasteiger partial charge in [0, 0.05) is 6.54 Å². The summed E-state index contributed by atoms with van der Waals surface area (Å²) in [6.07, 6.45) is -1.24. The third kappa shape index (κ3) is 2.40. The fourth-order valence-corrected chi connectivity index (χ4v) is 1.52. The molecule has 0 spiro atoms. The molecule has 0 saturated carbocycles. The summed E-state index contributed by atoms with van der Waals surface area (Å²) >= 11 is 0. The van der Waals surface area contributed by atoms with E-state index in [1.807, 2.05) is 0 Å². The summed E-state index contributed by atoms with van der Waals surface area (Å²) < 4.78 is 16.8. The molecule has 6 nitrogen and oxygen atoms in total. The molecule has 0 aliphatic heterocycles. The average Bonchev–Trinajstić information content (AvgIpc) is 2.75. The Morgan fingerprint density at radius 1 is 1.56 bits per heavy atom. The van der Waals surface area contributed by atoms with Gasteiger partial charge in [-0.2, -0.15) is 0 Å². The molecule has 1 aromatic carbocycles. The van der Waals surface area contributed by atoms with Crippen LogP contribution in [0, 0.1) is 0 Å². The zero-order valence-corrected chi connectivity index (χ0v) is 9.27. The number of oxazole rings is 1. The topological polar surface area (TPSA) is 95.3 Å². The van der Waals surface area contributed by atoms with Crippen molar-refractivity contribution in [2.45, 2.75) is 6.10 Å². The van der Waals surface area contributed by atoms with Gasteiger partial charge in [0.25, 0.3) is 5.91 Å². The highest BCUT2D eigenvalue weighted by atomic mass is 19.1. The van der Waals surface area contributed by atoms with Gasteiger partial charge in [0.05, 0.1) is 17.2 Å². The summed E-state index contributed by atoms with van der Waals surface area (Å²) in [5.41, 5.74) is 0.734. The maximum Gasteiger partial charge on any atom is 0.417 e. The molecule has 2 rings (SSSR count). The smallest absolute Gasteiger partial charge is 0.408 e. The Balaban J connectivity index is 2.25. The zero-order chi connectivity index (χ0) is 13.1. The number of aliphatic hydroxyl groups is 1. The molecule has 0 fully saturated rings. The summed E-state index contributed by atoms with van der Waals surface area (Å²) in [6.45, 7) is -1.14. The van der Waals surface area contributed by atoms with E-state index in [1.54, 1.807) is 12.1 Å². The number of H-pyrrole nitrogens is 1. The van der Waals surface area contributed by atoms with Crippen LogP contribution in [0.4, 0.5) is 4.39 Å². The van der Waals surface area contributed by atoms with Crippen LogP contribution in [0.5, 0.6) is 0 Å². The quantitative estimate of drug-likeness (QED) is 0.725. The molecule has 0 aliphatic carbocycles. The maximum atomic E-state index is 12.0. The lowest BCUT2D eigenvalue weighted by atomic mass is 10.2. The highest BCUT2D eigenvalue weighted by Gasteiger charge is 2.14. The number of fused-ring (bicyclic) bond motifs is 1. The van der Waals surface area contributed by atoms with Crippen LogP contribution < -0.4 is 11.1 Å². The average molecular weight is 254 g/mol. The van der Waals surface area contributed by atoms with Gasteiger partial charge in [0.2, 0.25) is 0 Å². The molecule has 96 valence electrons.